The molecule has 1 atom stereocenters. The first-order chi connectivity index (χ1) is 14.2. The minimum absolute atomic E-state index is 0.0235. The molecule has 0 radical (unpaired) electrons. The summed E-state index contributed by atoms with van der Waals surface area (Å²) in [5.74, 6) is 2.37. The van der Waals surface area contributed by atoms with E-state index in [-0.39, 0.29) is 5.25 Å². The number of nitrogens with one attached hydrogen (secondary N) is 1. The number of benzene rings is 1. The van der Waals surface area contributed by atoms with Crippen molar-refractivity contribution in [3.63, 3.8) is 0 Å². The van der Waals surface area contributed by atoms with E-state index < -0.39 is 0 Å². The van der Waals surface area contributed by atoms with Gasteiger partial charge in [-0.3, -0.25) is 4.57 Å². The standard InChI is InChI=1S/C21H24N6OS/c1-3-4-9-18-23-20(28-26-18)13(2)29-21-25-24-19(27(21)14-10-11-14)16-12-22-17-8-6-5-7-15(16)17/h5-8,12-14,22H,3-4,9-11H2,1-2H3. The first-order valence-corrected chi connectivity index (χ1v) is 11.1. The van der Waals surface area contributed by atoms with Crippen molar-refractivity contribution in [1.29, 1.82) is 0 Å². The second kappa shape index (κ2) is 7.67. The molecule has 4 aromatic rings. The summed E-state index contributed by atoms with van der Waals surface area (Å²) in [7, 11) is 0. The third kappa shape index (κ3) is 3.57. The van der Waals surface area contributed by atoms with Crippen LogP contribution in [0.3, 0.4) is 0 Å². The quantitative estimate of drug-likeness (QED) is 0.396. The van der Waals surface area contributed by atoms with Gasteiger partial charge in [-0.1, -0.05) is 48.5 Å². The van der Waals surface area contributed by atoms with Gasteiger partial charge in [0.25, 0.3) is 0 Å². The minimum Gasteiger partial charge on any atom is -0.360 e. The Kier molecular flexibility index (Phi) is 4.87. The first kappa shape index (κ1) is 18.4. The number of H-pyrrole nitrogens is 1. The maximum atomic E-state index is 5.50. The molecule has 150 valence electrons. The van der Waals surface area contributed by atoms with Crippen LogP contribution in [-0.4, -0.2) is 29.9 Å². The summed E-state index contributed by atoms with van der Waals surface area (Å²) in [4.78, 5) is 7.92. The maximum Gasteiger partial charge on any atom is 0.239 e. The molecular weight excluding hydrogens is 384 g/mol. The van der Waals surface area contributed by atoms with Crippen LogP contribution in [0.25, 0.3) is 22.3 Å². The van der Waals surface area contributed by atoms with E-state index in [1.54, 1.807) is 11.8 Å². The van der Waals surface area contributed by atoms with Crippen LogP contribution in [0, 0.1) is 0 Å². The third-order valence-corrected chi connectivity index (χ3v) is 6.32. The van der Waals surface area contributed by atoms with Gasteiger partial charge in [-0.25, -0.2) is 0 Å². The van der Waals surface area contributed by atoms with Crippen LogP contribution in [0.1, 0.15) is 62.5 Å². The molecule has 3 aromatic heterocycles. The summed E-state index contributed by atoms with van der Waals surface area (Å²) in [5.41, 5.74) is 2.21. The summed E-state index contributed by atoms with van der Waals surface area (Å²) < 4.78 is 7.79. The second-order valence-corrected chi connectivity index (χ2v) is 8.88. The van der Waals surface area contributed by atoms with E-state index in [0.29, 0.717) is 11.9 Å². The smallest absolute Gasteiger partial charge is 0.239 e. The fourth-order valence-electron chi connectivity index (χ4n) is 3.54. The Balaban J connectivity index is 1.43. The molecule has 29 heavy (non-hydrogen) atoms. The van der Waals surface area contributed by atoms with Gasteiger partial charge in [0.05, 0.1) is 5.25 Å². The van der Waals surface area contributed by atoms with Crippen molar-refractivity contribution in [3.8, 4) is 11.4 Å². The number of unbranched alkanes of at least 4 members (excludes halogenated alkanes) is 1. The van der Waals surface area contributed by atoms with Crippen LogP contribution in [-0.2, 0) is 6.42 Å². The monoisotopic (exact) mass is 408 g/mol. The number of hydrogen-bond donors (Lipinski definition) is 1. The topological polar surface area (TPSA) is 85.4 Å². The number of hydrogen-bond acceptors (Lipinski definition) is 6. The molecule has 0 bridgehead atoms. The first-order valence-electron chi connectivity index (χ1n) is 10.2. The Bertz CT molecular complexity index is 1130. The van der Waals surface area contributed by atoms with Crippen molar-refractivity contribution in [2.45, 2.75) is 62.4 Å². The third-order valence-electron chi connectivity index (χ3n) is 5.27. The van der Waals surface area contributed by atoms with Gasteiger partial charge in [0.2, 0.25) is 5.89 Å². The van der Waals surface area contributed by atoms with E-state index in [4.69, 9.17) is 4.52 Å². The molecule has 1 unspecified atom stereocenters. The molecule has 5 rings (SSSR count). The lowest BCUT2D eigenvalue weighted by molar-refractivity contribution is 0.374. The number of aromatic amines is 1. The molecule has 1 saturated carbocycles. The molecule has 3 heterocycles. The highest BCUT2D eigenvalue weighted by Crippen LogP contribution is 2.44. The number of aromatic nitrogens is 6. The molecule has 7 nitrogen and oxygen atoms in total. The van der Waals surface area contributed by atoms with Crippen molar-refractivity contribution >= 4 is 22.7 Å². The molecule has 8 heteroatoms. The zero-order chi connectivity index (χ0) is 19.8. The van der Waals surface area contributed by atoms with E-state index >= 15 is 0 Å². The molecule has 0 saturated heterocycles. The predicted molar refractivity (Wildman–Crippen MR) is 113 cm³/mol. The summed E-state index contributed by atoms with van der Waals surface area (Å²) >= 11 is 1.64. The highest BCUT2D eigenvalue weighted by molar-refractivity contribution is 7.99. The fourth-order valence-corrected chi connectivity index (χ4v) is 4.49. The van der Waals surface area contributed by atoms with Crippen LogP contribution in [0.15, 0.2) is 40.1 Å². The Labute approximate surface area is 173 Å². The summed E-state index contributed by atoms with van der Waals surface area (Å²) in [5, 5.41) is 15.3. The van der Waals surface area contributed by atoms with E-state index in [1.165, 1.54) is 5.39 Å². The minimum atomic E-state index is 0.0235. The lowest BCUT2D eigenvalue weighted by Gasteiger charge is -2.10. The number of fused-ring (bicyclic) bond motifs is 1. The van der Waals surface area contributed by atoms with Crippen molar-refractivity contribution in [2.24, 2.45) is 0 Å². The van der Waals surface area contributed by atoms with Crippen molar-refractivity contribution in [1.82, 2.24) is 29.9 Å². The van der Waals surface area contributed by atoms with Crippen molar-refractivity contribution in [3.05, 3.63) is 42.2 Å². The van der Waals surface area contributed by atoms with Crippen LogP contribution in [0.5, 0.6) is 0 Å². The number of nitrogens with zero attached hydrogens (tertiary/aromatic N) is 5. The van der Waals surface area contributed by atoms with Gasteiger partial charge in [0.1, 0.15) is 0 Å². The van der Waals surface area contributed by atoms with Gasteiger partial charge in [0, 0.05) is 35.1 Å². The Morgan fingerprint density at radius 2 is 2.14 bits per heavy atom. The highest BCUT2D eigenvalue weighted by Gasteiger charge is 2.32. The van der Waals surface area contributed by atoms with Gasteiger partial charge in [-0.15, -0.1) is 10.2 Å². The van der Waals surface area contributed by atoms with Gasteiger partial charge in [-0.05, 0) is 32.3 Å². The molecule has 0 amide bonds. The highest BCUT2D eigenvalue weighted by atomic mass is 32.2. The zero-order valence-electron chi connectivity index (χ0n) is 16.6. The molecule has 1 fully saturated rings. The fraction of sp³-hybridized carbons (Fsp3) is 0.429. The normalized spacial score (nSPS) is 15.2. The maximum absolute atomic E-state index is 5.50. The van der Waals surface area contributed by atoms with Crippen LogP contribution >= 0.6 is 11.8 Å². The van der Waals surface area contributed by atoms with Gasteiger partial charge < -0.3 is 9.51 Å². The largest absolute Gasteiger partial charge is 0.360 e. The van der Waals surface area contributed by atoms with Crippen molar-refractivity contribution in [2.75, 3.05) is 0 Å². The van der Waals surface area contributed by atoms with E-state index in [9.17, 15) is 0 Å². The van der Waals surface area contributed by atoms with Crippen LogP contribution < -0.4 is 0 Å². The number of thioether (sulfide) groups is 1. The van der Waals surface area contributed by atoms with Gasteiger partial charge >= 0.3 is 0 Å². The summed E-state index contributed by atoms with van der Waals surface area (Å²) in [6.07, 6.45) is 7.41. The molecule has 1 aliphatic carbocycles. The molecule has 0 spiro atoms. The second-order valence-electron chi connectivity index (χ2n) is 7.57. The predicted octanol–water partition coefficient (Wildman–Crippen LogP) is 5.34. The average molecular weight is 409 g/mol. The SMILES string of the molecule is CCCCc1noc(C(C)Sc2nnc(-c3c[nH]c4ccccc34)n2C2CC2)n1. The number of rotatable bonds is 8. The number of para-hydroxylation sites is 1. The lowest BCUT2D eigenvalue weighted by atomic mass is 10.1. The van der Waals surface area contributed by atoms with Gasteiger partial charge in [-0.2, -0.15) is 4.98 Å². The van der Waals surface area contributed by atoms with Crippen LogP contribution in [0.4, 0.5) is 0 Å². The van der Waals surface area contributed by atoms with Crippen LogP contribution in [0.2, 0.25) is 0 Å². The molecule has 1 aromatic carbocycles. The number of aryl methyl sites for hydroxylation is 1. The average Bonchev–Trinajstić information content (AvgIpc) is 3.15. The molecule has 1 N–H and O–H groups in total. The molecule has 1 aliphatic rings. The Morgan fingerprint density at radius 1 is 1.28 bits per heavy atom. The van der Waals surface area contributed by atoms with E-state index in [1.807, 2.05) is 12.3 Å². The van der Waals surface area contributed by atoms with E-state index in [0.717, 1.165) is 60.0 Å². The zero-order valence-corrected chi connectivity index (χ0v) is 17.4. The summed E-state index contributed by atoms with van der Waals surface area (Å²) in [6.45, 7) is 4.24. The van der Waals surface area contributed by atoms with Crippen molar-refractivity contribution < 1.29 is 4.52 Å². The summed E-state index contributed by atoms with van der Waals surface area (Å²) in [6, 6.07) is 8.77. The lowest BCUT2D eigenvalue weighted by Crippen LogP contribution is -2.01. The molecule has 0 aliphatic heterocycles. The van der Waals surface area contributed by atoms with E-state index in [2.05, 4.69) is 61.9 Å². The van der Waals surface area contributed by atoms with Gasteiger partial charge in [0.15, 0.2) is 16.8 Å². The molecular formula is C21H24N6OS. The Hall–Kier alpha value is -2.61. The Morgan fingerprint density at radius 3 is 2.97 bits per heavy atom.